The highest BCUT2D eigenvalue weighted by Gasteiger charge is 2.48. The standard InChI is InChI=1S/C24H22F3N3O/c1-15-6-7-17(30-13-16(14-30)24(25,26)27)12-19(15)22(31)29-23(9-10-23)20-8-11-28-21-5-3-2-4-18(20)21/h2-8,11-12,16H,9-10,13-14H2,1H3,(H,29,31). The van der Waals surface area contributed by atoms with E-state index in [1.807, 2.05) is 37.3 Å². The molecule has 0 unspecified atom stereocenters. The molecule has 1 amide bonds. The van der Waals surface area contributed by atoms with Gasteiger partial charge in [0, 0.05) is 35.9 Å². The highest BCUT2D eigenvalue weighted by molar-refractivity contribution is 5.98. The fourth-order valence-electron chi connectivity index (χ4n) is 4.33. The lowest BCUT2D eigenvalue weighted by Gasteiger charge is -2.42. The second kappa shape index (κ2) is 6.97. The van der Waals surface area contributed by atoms with Gasteiger partial charge in [0.15, 0.2) is 0 Å². The number of nitrogens with one attached hydrogen (secondary N) is 1. The number of halogens is 3. The summed E-state index contributed by atoms with van der Waals surface area (Å²) in [5.74, 6) is -1.51. The first-order valence-electron chi connectivity index (χ1n) is 10.4. The molecule has 1 aliphatic carbocycles. The van der Waals surface area contributed by atoms with E-state index in [2.05, 4.69) is 10.3 Å². The highest BCUT2D eigenvalue weighted by atomic mass is 19.4. The van der Waals surface area contributed by atoms with Crippen LogP contribution in [-0.2, 0) is 5.54 Å². The number of anilines is 1. The Morgan fingerprint density at radius 3 is 2.58 bits per heavy atom. The summed E-state index contributed by atoms with van der Waals surface area (Å²) in [4.78, 5) is 19.3. The minimum atomic E-state index is -4.17. The number of rotatable bonds is 4. The average molecular weight is 425 g/mol. The Morgan fingerprint density at radius 1 is 1.13 bits per heavy atom. The predicted molar refractivity (Wildman–Crippen MR) is 113 cm³/mol. The molecule has 160 valence electrons. The summed E-state index contributed by atoms with van der Waals surface area (Å²) in [6.45, 7) is 1.70. The van der Waals surface area contributed by atoms with E-state index in [0.717, 1.165) is 34.9 Å². The molecule has 3 aromatic rings. The van der Waals surface area contributed by atoms with Gasteiger partial charge in [-0.25, -0.2) is 0 Å². The molecule has 0 atom stereocenters. The molecular weight excluding hydrogens is 403 g/mol. The largest absolute Gasteiger partial charge is 0.395 e. The molecule has 0 spiro atoms. The minimum absolute atomic E-state index is 0.0689. The predicted octanol–water partition coefficient (Wildman–Crippen LogP) is 4.96. The molecule has 31 heavy (non-hydrogen) atoms. The van der Waals surface area contributed by atoms with Gasteiger partial charge < -0.3 is 10.2 Å². The third-order valence-corrected chi connectivity index (χ3v) is 6.44. The highest BCUT2D eigenvalue weighted by Crippen LogP contribution is 2.48. The summed E-state index contributed by atoms with van der Waals surface area (Å²) in [6.07, 6.45) is -0.737. The second-order valence-electron chi connectivity index (χ2n) is 8.55. The smallest absolute Gasteiger partial charge is 0.370 e. The molecule has 2 heterocycles. The van der Waals surface area contributed by atoms with Crippen LogP contribution in [0.25, 0.3) is 10.9 Å². The van der Waals surface area contributed by atoms with E-state index >= 15 is 0 Å². The van der Waals surface area contributed by atoms with Crippen molar-refractivity contribution >= 4 is 22.5 Å². The van der Waals surface area contributed by atoms with Crippen molar-refractivity contribution in [1.29, 1.82) is 0 Å². The number of fused-ring (bicyclic) bond motifs is 1. The molecule has 2 fully saturated rings. The van der Waals surface area contributed by atoms with Crippen molar-refractivity contribution in [3.8, 4) is 0 Å². The second-order valence-corrected chi connectivity index (χ2v) is 8.55. The molecule has 4 nitrogen and oxygen atoms in total. The molecule has 1 saturated carbocycles. The summed E-state index contributed by atoms with van der Waals surface area (Å²) in [5.41, 5.74) is 3.45. The monoisotopic (exact) mass is 425 g/mol. The number of hydrogen-bond donors (Lipinski definition) is 1. The van der Waals surface area contributed by atoms with E-state index in [4.69, 9.17) is 0 Å². The Balaban J connectivity index is 1.39. The average Bonchev–Trinajstić information content (AvgIpc) is 3.47. The van der Waals surface area contributed by atoms with E-state index in [0.29, 0.717) is 11.3 Å². The topological polar surface area (TPSA) is 45.2 Å². The number of pyridine rings is 1. The Hall–Kier alpha value is -3.09. The van der Waals surface area contributed by atoms with Crippen LogP contribution in [0.15, 0.2) is 54.7 Å². The van der Waals surface area contributed by atoms with Crippen molar-refractivity contribution in [2.45, 2.75) is 31.5 Å². The number of para-hydroxylation sites is 1. The van der Waals surface area contributed by atoms with Gasteiger partial charge in [-0.2, -0.15) is 13.2 Å². The number of aryl methyl sites for hydroxylation is 1. The molecule has 2 aromatic carbocycles. The molecule has 7 heteroatoms. The van der Waals surface area contributed by atoms with Gasteiger partial charge in [0.25, 0.3) is 5.91 Å². The van der Waals surface area contributed by atoms with Gasteiger partial charge in [0.1, 0.15) is 0 Å². The summed E-state index contributed by atoms with van der Waals surface area (Å²) >= 11 is 0. The third-order valence-electron chi connectivity index (χ3n) is 6.44. The lowest BCUT2D eigenvalue weighted by molar-refractivity contribution is -0.180. The Kier molecular flexibility index (Phi) is 4.46. The lowest BCUT2D eigenvalue weighted by atomic mass is 9.96. The van der Waals surface area contributed by atoms with Gasteiger partial charge in [-0.1, -0.05) is 24.3 Å². The third kappa shape index (κ3) is 3.52. The van der Waals surface area contributed by atoms with Crippen LogP contribution in [0, 0.1) is 12.8 Å². The van der Waals surface area contributed by atoms with E-state index in [-0.39, 0.29) is 19.0 Å². The van der Waals surface area contributed by atoms with Gasteiger partial charge in [0.05, 0.1) is 17.0 Å². The zero-order chi connectivity index (χ0) is 21.8. The van der Waals surface area contributed by atoms with E-state index in [1.165, 1.54) is 0 Å². The van der Waals surface area contributed by atoms with Crippen LogP contribution in [0.1, 0.15) is 34.3 Å². The van der Waals surface area contributed by atoms with Gasteiger partial charge in [0.2, 0.25) is 0 Å². The number of aromatic nitrogens is 1. The molecule has 5 rings (SSSR count). The fourth-order valence-corrected chi connectivity index (χ4v) is 4.33. The molecule has 1 N–H and O–H groups in total. The van der Waals surface area contributed by atoms with Gasteiger partial charge in [-0.3, -0.25) is 9.78 Å². The Bertz CT molecular complexity index is 1160. The van der Waals surface area contributed by atoms with Crippen molar-refractivity contribution in [1.82, 2.24) is 10.3 Å². The quantitative estimate of drug-likeness (QED) is 0.643. The molecule has 1 aliphatic heterocycles. The van der Waals surface area contributed by atoms with Crippen molar-refractivity contribution in [3.63, 3.8) is 0 Å². The number of alkyl halides is 3. The summed E-state index contributed by atoms with van der Waals surface area (Å²) in [7, 11) is 0. The van der Waals surface area contributed by atoms with E-state index < -0.39 is 17.6 Å². The summed E-state index contributed by atoms with van der Waals surface area (Å²) in [6, 6.07) is 15.1. The van der Waals surface area contributed by atoms with Crippen LogP contribution >= 0.6 is 0 Å². The van der Waals surface area contributed by atoms with Gasteiger partial charge in [-0.15, -0.1) is 0 Å². The summed E-state index contributed by atoms with van der Waals surface area (Å²) in [5, 5.41) is 4.22. The number of carbonyl (C=O) groups excluding carboxylic acids is 1. The number of hydrogen-bond acceptors (Lipinski definition) is 3. The van der Waals surface area contributed by atoms with Gasteiger partial charge in [-0.05, 0) is 55.2 Å². The maximum atomic E-state index is 13.2. The van der Waals surface area contributed by atoms with Crippen LogP contribution < -0.4 is 10.2 Å². The van der Waals surface area contributed by atoms with Crippen molar-refractivity contribution in [2.75, 3.05) is 18.0 Å². The number of benzene rings is 2. The molecular formula is C24H22F3N3O. The van der Waals surface area contributed by atoms with E-state index in [9.17, 15) is 18.0 Å². The number of nitrogens with zero attached hydrogens (tertiary/aromatic N) is 2. The van der Waals surface area contributed by atoms with E-state index in [1.54, 1.807) is 29.3 Å². The first-order valence-corrected chi connectivity index (χ1v) is 10.4. The Morgan fingerprint density at radius 2 is 1.87 bits per heavy atom. The number of carbonyl (C=O) groups is 1. The first kappa shape index (κ1) is 19.8. The SMILES string of the molecule is Cc1ccc(N2CC(C(F)(F)F)C2)cc1C(=O)NC1(c2ccnc3ccccc23)CC1. The van der Waals surface area contributed by atoms with Crippen LogP contribution in [0.4, 0.5) is 18.9 Å². The van der Waals surface area contributed by atoms with Crippen LogP contribution in [0.3, 0.4) is 0 Å². The molecule has 0 bridgehead atoms. The number of amides is 1. The fraction of sp³-hybridized carbons (Fsp3) is 0.333. The molecule has 0 radical (unpaired) electrons. The minimum Gasteiger partial charge on any atom is -0.370 e. The maximum Gasteiger partial charge on any atom is 0.395 e. The molecule has 2 aliphatic rings. The molecule has 1 saturated heterocycles. The summed E-state index contributed by atoms with van der Waals surface area (Å²) < 4.78 is 38.5. The zero-order valence-corrected chi connectivity index (χ0v) is 17.0. The van der Waals surface area contributed by atoms with Crippen molar-refractivity contribution < 1.29 is 18.0 Å². The van der Waals surface area contributed by atoms with Crippen molar-refractivity contribution in [2.24, 2.45) is 5.92 Å². The lowest BCUT2D eigenvalue weighted by Crippen LogP contribution is -2.53. The van der Waals surface area contributed by atoms with Crippen LogP contribution in [0.5, 0.6) is 0 Å². The van der Waals surface area contributed by atoms with Gasteiger partial charge >= 0.3 is 6.18 Å². The zero-order valence-electron chi connectivity index (χ0n) is 17.0. The molecule has 1 aromatic heterocycles. The van der Waals surface area contributed by atoms with Crippen LogP contribution in [-0.4, -0.2) is 30.2 Å². The van der Waals surface area contributed by atoms with Crippen LogP contribution in [0.2, 0.25) is 0 Å². The van der Waals surface area contributed by atoms with Crippen molar-refractivity contribution in [3.05, 3.63) is 71.4 Å². The normalized spacial score (nSPS) is 18.0. The maximum absolute atomic E-state index is 13.2. The Labute approximate surface area is 178 Å². The first-order chi connectivity index (χ1) is 14.8.